The molecule has 0 atom stereocenters. The number of hydrogen-bond donors (Lipinski definition) is 0. The van der Waals surface area contributed by atoms with Gasteiger partial charge in [0, 0.05) is 26.2 Å². The van der Waals surface area contributed by atoms with Gasteiger partial charge in [-0.05, 0) is 64.3 Å². The average molecular weight is 474 g/mol. The summed E-state index contributed by atoms with van der Waals surface area (Å²) in [6.07, 6.45) is 1.48. The molecule has 0 radical (unpaired) electrons. The number of rotatable bonds is 8. The van der Waals surface area contributed by atoms with Gasteiger partial charge in [0.2, 0.25) is 0 Å². The number of likely N-dealkylation sites (N-methyl/N-ethyl adjacent to an activating group) is 1. The SMILES string of the molecule is CCOc1cc(/C=C(/C#N)C(=O)N(C)C)cc(Br)c1OCc1ccc([N+](=O)[O-])cc1. The topological polar surface area (TPSA) is 106 Å². The van der Waals surface area contributed by atoms with Gasteiger partial charge in [-0.15, -0.1) is 0 Å². The second kappa shape index (κ2) is 10.4. The summed E-state index contributed by atoms with van der Waals surface area (Å²) in [6.45, 7) is 2.39. The van der Waals surface area contributed by atoms with E-state index in [1.807, 2.05) is 13.0 Å². The number of nitro groups is 1. The van der Waals surface area contributed by atoms with Crippen LogP contribution < -0.4 is 9.47 Å². The van der Waals surface area contributed by atoms with Crippen LogP contribution in [0.4, 0.5) is 5.69 Å². The van der Waals surface area contributed by atoms with Crippen LogP contribution in [0.25, 0.3) is 6.08 Å². The summed E-state index contributed by atoms with van der Waals surface area (Å²) < 4.78 is 12.1. The number of hydrogen-bond acceptors (Lipinski definition) is 6. The monoisotopic (exact) mass is 473 g/mol. The molecule has 8 nitrogen and oxygen atoms in total. The highest BCUT2D eigenvalue weighted by Gasteiger charge is 2.15. The molecule has 0 unspecified atom stereocenters. The van der Waals surface area contributed by atoms with Crippen molar-refractivity contribution in [2.24, 2.45) is 0 Å². The Morgan fingerprint density at radius 3 is 2.47 bits per heavy atom. The number of halogens is 1. The van der Waals surface area contributed by atoms with Gasteiger partial charge >= 0.3 is 0 Å². The van der Waals surface area contributed by atoms with E-state index in [-0.39, 0.29) is 17.9 Å². The van der Waals surface area contributed by atoms with Crippen molar-refractivity contribution in [2.75, 3.05) is 20.7 Å². The number of benzene rings is 2. The van der Waals surface area contributed by atoms with Crippen LogP contribution in [0.15, 0.2) is 46.4 Å². The lowest BCUT2D eigenvalue weighted by Crippen LogP contribution is -2.22. The van der Waals surface area contributed by atoms with E-state index in [0.717, 1.165) is 5.56 Å². The van der Waals surface area contributed by atoms with E-state index in [4.69, 9.17) is 9.47 Å². The Hall–Kier alpha value is -3.38. The van der Waals surface area contributed by atoms with Crippen molar-refractivity contribution in [3.05, 3.63) is 67.7 Å². The van der Waals surface area contributed by atoms with Gasteiger partial charge in [-0.2, -0.15) is 5.26 Å². The number of nitriles is 1. The maximum Gasteiger partial charge on any atom is 0.269 e. The van der Waals surface area contributed by atoms with Crippen LogP contribution in [0.2, 0.25) is 0 Å². The Kier molecular flexibility index (Phi) is 7.95. The van der Waals surface area contributed by atoms with Gasteiger partial charge in [-0.3, -0.25) is 14.9 Å². The first-order valence-electron chi connectivity index (χ1n) is 8.92. The van der Waals surface area contributed by atoms with E-state index < -0.39 is 10.8 Å². The lowest BCUT2D eigenvalue weighted by atomic mass is 10.1. The third kappa shape index (κ3) is 5.81. The smallest absolute Gasteiger partial charge is 0.269 e. The van der Waals surface area contributed by atoms with Gasteiger partial charge < -0.3 is 14.4 Å². The lowest BCUT2D eigenvalue weighted by molar-refractivity contribution is -0.384. The summed E-state index contributed by atoms with van der Waals surface area (Å²) in [5.41, 5.74) is 1.35. The van der Waals surface area contributed by atoms with E-state index in [2.05, 4.69) is 15.9 Å². The maximum atomic E-state index is 12.1. The minimum absolute atomic E-state index is 0.00565. The van der Waals surface area contributed by atoms with Crippen molar-refractivity contribution in [3.63, 3.8) is 0 Å². The molecular formula is C21H20BrN3O5. The van der Waals surface area contributed by atoms with Crippen molar-refractivity contribution < 1.29 is 19.2 Å². The van der Waals surface area contributed by atoms with Gasteiger partial charge in [-0.1, -0.05) is 0 Å². The summed E-state index contributed by atoms with van der Waals surface area (Å²) in [6, 6.07) is 11.4. The van der Waals surface area contributed by atoms with E-state index in [0.29, 0.717) is 28.1 Å². The van der Waals surface area contributed by atoms with Crippen LogP contribution in [0.1, 0.15) is 18.1 Å². The van der Waals surface area contributed by atoms with Crippen molar-refractivity contribution >= 4 is 33.6 Å². The molecule has 0 spiro atoms. The summed E-state index contributed by atoms with van der Waals surface area (Å²) in [7, 11) is 3.15. The van der Waals surface area contributed by atoms with Gasteiger partial charge in [0.05, 0.1) is 16.0 Å². The summed E-state index contributed by atoms with van der Waals surface area (Å²) >= 11 is 3.45. The molecule has 0 aliphatic rings. The summed E-state index contributed by atoms with van der Waals surface area (Å²) in [5.74, 6) is 0.490. The van der Waals surface area contributed by atoms with Crippen molar-refractivity contribution in [1.29, 1.82) is 5.26 Å². The molecule has 156 valence electrons. The molecule has 2 aromatic carbocycles. The lowest BCUT2D eigenvalue weighted by Gasteiger charge is -2.15. The first-order valence-corrected chi connectivity index (χ1v) is 9.72. The molecule has 30 heavy (non-hydrogen) atoms. The fourth-order valence-electron chi connectivity index (χ4n) is 2.49. The molecule has 0 aliphatic heterocycles. The Balaban J connectivity index is 2.31. The van der Waals surface area contributed by atoms with Gasteiger partial charge in [0.25, 0.3) is 11.6 Å². The van der Waals surface area contributed by atoms with Crippen LogP contribution in [-0.2, 0) is 11.4 Å². The summed E-state index contributed by atoms with van der Waals surface area (Å²) in [4.78, 5) is 23.7. The molecule has 0 aliphatic carbocycles. The Morgan fingerprint density at radius 1 is 1.27 bits per heavy atom. The second-order valence-corrected chi connectivity index (χ2v) is 7.20. The van der Waals surface area contributed by atoms with E-state index >= 15 is 0 Å². The van der Waals surface area contributed by atoms with Crippen molar-refractivity contribution in [2.45, 2.75) is 13.5 Å². The van der Waals surface area contributed by atoms with Crippen molar-refractivity contribution in [1.82, 2.24) is 4.90 Å². The molecule has 2 rings (SSSR count). The highest BCUT2D eigenvalue weighted by molar-refractivity contribution is 9.10. The zero-order valence-corrected chi connectivity index (χ0v) is 18.3. The number of carbonyl (C=O) groups excluding carboxylic acids is 1. The van der Waals surface area contributed by atoms with Crippen LogP contribution in [0.3, 0.4) is 0 Å². The molecule has 1 amide bonds. The largest absolute Gasteiger partial charge is 0.490 e. The third-order valence-corrected chi connectivity index (χ3v) is 4.52. The quantitative estimate of drug-likeness (QED) is 0.244. The van der Waals surface area contributed by atoms with E-state index in [1.54, 1.807) is 38.4 Å². The molecule has 0 saturated carbocycles. The molecule has 0 N–H and O–H groups in total. The number of non-ortho nitro benzene ring substituents is 1. The molecular weight excluding hydrogens is 454 g/mol. The van der Waals surface area contributed by atoms with Gasteiger partial charge in [0.1, 0.15) is 18.2 Å². The number of nitrogens with zero attached hydrogens (tertiary/aromatic N) is 3. The predicted molar refractivity (Wildman–Crippen MR) is 115 cm³/mol. The van der Waals surface area contributed by atoms with Crippen LogP contribution in [0, 0.1) is 21.4 Å². The molecule has 0 bridgehead atoms. The highest BCUT2D eigenvalue weighted by atomic mass is 79.9. The predicted octanol–water partition coefficient (Wildman–Crippen LogP) is 4.33. The molecule has 0 fully saturated rings. The maximum absolute atomic E-state index is 12.1. The first-order chi connectivity index (χ1) is 14.3. The van der Waals surface area contributed by atoms with E-state index in [9.17, 15) is 20.2 Å². The van der Waals surface area contributed by atoms with Crippen LogP contribution in [0.5, 0.6) is 11.5 Å². The number of nitro benzene ring substituents is 1. The van der Waals surface area contributed by atoms with Crippen LogP contribution in [-0.4, -0.2) is 36.4 Å². The molecule has 2 aromatic rings. The number of amides is 1. The number of carbonyl (C=O) groups is 1. The Morgan fingerprint density at radius 2 is 1.93 bits per heavy atom. The highest BCUT2D eigenvalue weighted by Crippen LogP contribution is 2.38. The molecule has 0 heterocycles. The normalized spacial score (nSPS) is 10.8. The summed E-state index contributed by atoms with van der Waals surface area (Å²) in [5, 5.41) is 20.1. The minimum Gasteiger partial charge on any atom is -0.490 e. The fraction of sp³-hybridized carbons (Fsp3) is 0.238. The second-order valence-electron chi connectivity index (χ2n) is 6.34. The molecule has 0 saturated heterocycles. The van der Waals surface area contributed by atoms with E-state index in [1.165, 1.54) is 23.1 Å². The van der Waals surface area contributed by atoms with Crippen LogP contribution >= 0.6 is 15.9 Å². The number of ether oxygens (including phenoxy) is 2. The zero-order valence-electron chi connectivity index (χ0n) is 16.7. The van der Waals surface area contributed by atoms with Gasteiger partial charge in [-0.25, -0.2) is 0 Å². The first kappa shape index (κ1) is 22.9. The standard InChI is InChI=1S/C21H20BrN3O5/c1-4-29-19-11-15(9-16(12-23)21(26)24(2)3)10-18(22)20(19)30-13-14-5-7-17(8-6-14)25(27)28/h5-11H,4,13H2,1-3H3/b16-9-. The average Bonchev–Trinajstić information content (AvgIpc) is 2.71. The fourth-order valence-corrected chi connectivity index (χ4v) is 3.07. The molecule has 9 heteroatoms. The Labute approximate surface area is 182 Å². The third-order valence-electron chi connectivity index (χ3n) is 3.93. The van der Waals surface area contributed by atoms with Gasteiger partial charge in [0.15, 0.2) is 11.5 Å². The zero-order chi connectivity index (χ0) is 22.3. The molecule has 0 aromatic heterocycles. The minimum atomic E-state index is -0.461. The Bertz CT molecular complexity index is 1010. The van der Waals surface area contributed by atoms with Crippen molar-refractivity contribution in [3.8, 4) is 17.6 Å².